The number of fused-ring (bicyclic) bond motifs is 1. The number of hydrogen-bond donors (Lipinski definition) is 0. The Kier molecular flexibility index (Phi) is 6.49. The Morgan fingerprint density at radius 2 is 1.68 bits per heavy atom. The molecule has 2 heterocycles. The Morgan fingerprint density at radius 3 is 2.47 bits per heavy atom. The Bertz CT molecular complexity index is 1400. The summed E-state index contributed by atoms with van der Waals surface area (Å²) in [6.45, 7) is 0.173. The zero-order valence-electron chi connectivity index (χ0n) is 18.3. The maximum atomic E-state index is 12.2. The molecule has 5 rings (SSSR count). The van der Waals surface area contributed by atoms with Crippen LogP contribution in [0.15, 0.2) is 83.3 Å². The molecule has 0 aliphatic carbocycles. The first-order valence-electron chi connectivity index (χ1n) is 10.9. The molecule has 0 amide bonds. The molecular weight excluding hydrogens is 445 g/mol. The molecule has 0 fully saturated rings. The maximum Gasteiger partial charge on any atom is 0.300 e. The van der Waals surface area contributed by atoms with Gasteiger partial charge in [-0.15, -0.1) is 21.5 Å². The van der Waals surface area contributed by atoms with Crippen molar-refractivity contribution in [3.05, 3.63) is 101 Å². The van der Waals surface area contributed by atoms with E-state index >= 15 is 0 Å². The van der Waals surface area contributed by atoms with Gasteiger partial charge in [0.15, 0.2) is 0 Å². The van der Waals surface area contributed by atoms with Crippen molar-refractivity contribution in [2.75, 3.05) is 0 Å². The predicted molar refractivity (Wildman–Crippen MR) is 132 cm³/mol. The fourth-order valence-electron chi connectivity index (χ4n) is 3.54. The molecule has 0 N–H and O–H groups in total. The largest absolute Gasteiger partial charge is 0.461 e. The van der Waals surface area contributed by atoms with E-state index in [1.807, 2.05) is 54.6 Å². The smallest absolute Gasteiger partial charge is 0.300 e. The van der Waals surface area contributed by atoms with Crippen molar-refractivity contribution in [1.29, 1.82) is 0 Å². The van der Waals surface area contributed by atoms with Gasteiger partial charge in [-0.3, -0.25) is 4.79 Å². The number of rotatable bonds is 8. The van der Waals surface area contributed by atoms with Crippen LogP contribution in [0.3, 0.4) is 0 Å². The number of esters is 1. The zero-order chi connectivity index (χ0) is 23.3. The lowest BCUT2D eigenvalue weighted by Crippen LogP contribution is -2.15. The topological polar surface area (TPSA) is 78.1 Å². The maximum absolute atomic E-state index is 12.2. The van der Waals surface area contributed by atoms with Gasteiger partial charge in [0, 0.05) is 12.2 Å². The van der Waals surface area contributed by atoms with Gasteiger partial charge >= 0.3 is 5.97 Å². The Morgan fingerprint density at radius 1 is 0.941 bits per heavy atom. The Hall–Kier alpha value is -3.78. The van der Waals surface area contributed by atoms with Crippen molar-refractivity contribution in [3.8, 4) is 11.1 Å². The average molecular weight is 465 g/mol. The molecule has 0 unspecified atom stereocenters. The molecule has 3 aromatic carbocycles. The first-order chi connectivity index (χ1) is 16.6. The molecule has 34 heavy (non-hydrogen) atoms. The quantitative estimate of drug-likeness (QED) is 0.232. The Labute approximate surface area is 202 Å². The van der Waals surface area contributed by atoms with Crippen molar-refractivity contribution >= 4 is 35.4 Å². The van der Waals surface area contributed by atoms with Crippen LogP contribution < -0.4 is 0 Å². The van der Waals surface area contributed by atoms with Gasteiger partial charge in [-0.1, -0.05) is 66.7 Å². The fraction of sp³-hybridized carbons (Fsp3) is 0.154. The zero-order valence-corrected chi connectivity index (χ0v) is 19.1. The highest BCUT2D eigenvalue weighted by molar-refractivity contribution is 7.18. The third-order valence-electron chi connectivity index (χ3n) is 5.27. The third-order valence-corrected chi connectivity index (χ3v) is 6.29. The Balaban J connectivity index is 1.20. The van der Waals surface area contributed by atoms with E-state index in [0.717, 1.165) is 26.4 Å². The third kappa shape index (κ3) is 5.23. The molecule has 0 aliphatic heterocycles. The van der Waals surface area contributed by atoms with Crippen LogP contribution >= 0.6 is 11.3 Å². The van der Waals surface area contributed by atoms with Crippen LogP contribution in [0.25, 0.3) is 21.3 Å². The predicted octanol–water partition coefficient (Wildman–Crippen LogP) is 5.18. The first-order valence-corrected chi connectivity index (χ1v) is 11.7. The number of carbonyl (C=O) groups is 1. The molecule has 0 bridgehead atoms. The second-order valence-corrected chi connectivity index (χ2v) is 8.94. The number of hydrogen-bond acceptors (Lipinski definition) is 7. The molecule has 0 saturated carbocycles. The van der Waals surface area contributed by atoms with Crippen LogP contribution in [-0.2, 0) is 29.0 Å². The molecule has 5 aromatic rings. The van der Waals surface area contributed by atoms with Gasteiger partial charge in [-0.2, -0.15) is 0 Å². The molecular formula is C26H20BN3O3S. The molecule has 0 saturated heterocycles. The highest BCUT2D eigenvalue weighted by Crippen LogP contribution is 2.29. The van der Waals surface area contributed by atoms with Crippen LogP contribution in [0.4, 0.5) is 0 Å². The molecule has 166 valence electrons. The van der Waals surface area contributed by atoms with E-state index in [2.05, 4.69) is 39.4 Å². The summed E-state index contributed by atoms with van der Waals surface area (Å²) in [5, 5.41) is 9.01. The first kappa shape index (κ1) is 22.0. The lowest BCUT2D eigenvalue weighted by atomic mass is 9.84. The lowest BCUT2D eigenvalue weighted by molar-refractivity contribution is -0.144. The van der Waals surface area contributed by atoms with Crippen molar-refractivity contribution < 1.29 is 13.9 Å². The van der Waals surface area contributed by atoms with Crippen LogP contribution in [-0.4, -0.2) is 29.0 Å². The summed E-state index contributed by atoms with van der Waals surface area (Å²) in [5.74, 6) is -0.659. The summed E-state index contributed by atoms with van der Waals surface area (Å²) in [4.78, 5) is 16.9. The monoisotopic (exact) mass is 465 g/mol. The summed E-state index contributed by atoms with van der Waals surface area (Å²) in [5.41, 5.74) is 4.15. The second kappa shape index (κ2) is 10.0. The number of nitrogens with zero attached hydrogens (tertiary/aromatic N) is 3. The van der Waals surface area contributed by atoms with E-state index in [0.29, 0.717) is 18.2 Å². The molecule has 0 aliphatic rings. The van der Waals surface area contributed by atoms with E-state index in [1.165, 1.54) is 5.56 Å². The number of carbonyl (C=O) groups excluding carboxylic acids is 1. The summed E-state index contributed by atoms with van der Waals surface area (Å²) in [6, 6.07) is 25.9. The van der Waals surface area contributed by atoms with Gasteiger partial charge < -0.3 is 9.15 Å². The number of aromatic nitrogens is 3. The van der Waals surface area contributed by atoms with E-state index in [9.17, 15) is 4.79 Å². The fourth-order valence-corrected chi connectivity index (χ4v) is 4.53. The van der Waals surface area contributed by atoms with E-state index in [-0.39, 0.29) is 13.0 Å². The van der Waals surface area contributed by atoms with E-state index < -0.39 is 11.8 Å². The van der Waals surface area contributed by atoms with Crippen molar-refractivity contribution in [2.24, 2.45) is 0 Å². The minimum absolute atomic E-state index is 0.112. The standard InChI is InChI=1S/C26H20BN3O3S/c27-20(26(31)32-16-17-7-3-1-4-8-17)14-23-29-30-24(33-23)15-25-28-21-12-11-19(13-22(21)34-25)18-9-5-2-6-10-18/h1-13,20H,14-16H2/t20-/m0/s1. The molecule has 6 nitrogen and oxygen atoms in total. The number of thiazole rings is 1. The van der Waals surface area contributed by atoms with Crippen molar-refractivity contribution in [2.45, 2.75) is 25.3 Å². The van der Waals surface area contributed by atoms with Crippen LogP contribution in [0.5, 0.6) is 0 Å². The van der Waals surface area contributed by atoms with Gasteiger partial charge in [0.25, 0.3) is 0 Å². The number of ether oxygens (including phenoxy) is 1. The highest BCUT2D eigenvalue weighted by atomic mass is 32.1. The van der Waals surface area contributed by atoms with Gasteiger partial charge in [0.1, 0.15) is 11.6 Å². The van der Waals surface area contributed by atoms with E-state index in [4.69, 9.17) is 17.0 Å². The van der Waals surface area contributed by atoms with Crippen LogP contribution in [0.1, 0.15) is 22.4 Å². The van der Waals surface area contributed by atoms with Gasteiger partial charge in [-0.25, -0.2) is 4.98 Å². The highest BCUT2D eigenvalue weighted by Gasteiger charge is 2.19. The molecule has 8 heteroatoms. The van der Waals surface area contributed by atoms with Gasteiger partial charge in [0.05, 0.1) is 24.5 Å². The van der Waals surface area contributed by atoms with E-state index in [1.54, 1.807) is 11.3 Å². The summed E-state index contributed by atoms with van der Waals surface area (Å²) in [7, 11) is 5.98. The lowest BCUT2D eigenvalue weighted by Gasteiger charge is -2.09. The second-order valence-electron chi connectivity index (χ2n) is 7.83. The SMILES string of the molecule is [B][C@@H](Cc1nnc(Cc2nc3ccc(-c4ccccc4)cc3s2)o1)C(=O)OCc1ccccc1. The van der Waals surface area contributed by atoms with Crippen LogP contribution in [0, 0.1) is 0 Å². The molecule has 1 atom stereocenters. The van der Waals surface area contributed by atoms with Crippen LogP contribution in [0.2, 0.25) is 5.82 Å². The summed E-state index contributed by atoms with van der Waals surface area (Å²) in [6.07, 6.45) is 0.529. The molecule has 0 spiro atoms. The summed E-state index contributed by atoms with van der Waals surface area (Å²) < 4.78 is 12.1. The van der Waals surface area contributed by atoms with Crippen molar-refractivity contribution in [1.82, 2.24) is 15.2 Å². The molecule has 2 aromatic heterocycles. The van der Waals surface area contributed by atoms with Gasteiger partial charge in [-0.05, 0) is 28.8 Å². The average Bonchev–Trinajstić information content (AvgIpc) is 3.49. The normalized spacial score (nSPS) is 12.0. The minimum atomic E-state index is -0.879. The molecule has 2 radical (unpaired) electrons. The number of benzene rings is 3. The van der Waals surface area contributed by atoms with Gasteiger partial charge in [0.2, 0.25) is 11.8 Å². The minimum Gasteiger partial charge on any atom is -0.461 e. The summed E-state index contributed by atoms with van der Waals surface area (Å²) >= 11 is 1.60. The van der Waals surface area contributed by atoms with Crippen molar-refractivity contribution in [3.63, 3.8) is 0 Å².